The van der Waals surface area contributed by atoms with Crippen LogP contribution in [0.2, 0.25) is 0 Å². The molecule has 0 aromatic heterocycles. The van der Waals surface area contributed by atoms with Crippen molar-refractivity contribution in [1.29, 1.82) is 0 Å². The molecule has 0 saturated heterocycles. The Kier molecular flexibility index (Phi) is 4.04. The number of rotatable bonds is 5. The molecule has 2 rings (SSSR count). The van der Waals surface area contributed by atoms with Crippen molar-refractivity contribution in [3.63, 3.8) is 0 Å². The molecule has 1 aromatic carbocycles. The summed E-state index contributed by atoms with van der Waals surface area (Å²) in [6.45, 7) is 4.21. The van der Waals surface area contributed by atoms with Crippen LogP contribution in [0, 0.1) is 0 Å². The Morgan fingerprint density at radius 3 is 3.00 bits per heavy atom. The molecule has 102 valence electrons. The minimum absolute atomic E-state index is 0.0159. The number of benzene rings is 1. The summed E-state index contributed by atoms with van der Waals surface area (Å²) in [7, 11) is 0. The summed E-state index contributed by atoms with van der Waals surface area (Å²) in [5, 5.41) is 2.79. The summed E-state index contributed by atoms with van der Waals surface area (Å²) in [6, 6.07) is 5.22. The molecule has 0 atom stereocenters. The monoisotopic (exact) mass is 263 g/mol. The maximum Gasteiger partial charge on any atom is 0.223 e. The Hall–Kier alpha value is -2.04. The Labute approximate surface area is 111 Å². The van der Waals surface area contributed by atoms with Crippen LogP contribution in [0.25, 0.3) is 0 Å². The molecule has 0 spiro atoms. The van der Waals surface area contributed by atoms with Crippen molar-refractivity contribution >= 4 is 11.7 Å². The van der Waals surface area contributed by atoms with Crippen LogP contribution in [0.5, 0.6) is 11.5 Å². The molecule has 0 unspecified atom stereocenters. The average Bonchev–Trinajstić information content (AvgIpc) is 2.70. The average molecular weight is 263 g/mol. The van der Waals surface area contributed by atoms with Crippen LogP contribution in [-0.2, 0) is 4.79 Å². The Bertz CT molecular complexity index is 496. The highest BCUT2D eigenvalue weighted by Gasteiger charge is 2.21. The summed E-state index contributed by atoms with van der Waals surface area (Å²) >= 11 is 0. The van der Waals surface area contributed by atoms with Gasteiger partial charge in [0.1, 0.15) is 11.5 Å². The van der Waals surface area contributed by atoms with Gasteiger partial charge in [0.05, 0.1) is 18.6 Å². The molecule has 0 bridgehead atoms. The first-order valence-corrected chi connectivity index (χ1v) is 6.28. The van der Waals surface area contributed by atoms with Gasteiger partial charge in [0.2, 0.25) is 11.7 Å². The molecule has 0 aliphatic carbocycles. The lowest BCUT2D eigenvalue weighted by atomic mass is 10.1. The van der Waals surface area contributed by atoms with Gasteiger partial charge in [0.25, 0.3) is 0 Å². The van der Waals surface area contributed by atoms with E-state index in [1.54, 1.807) is 18.2 Å². The largest absolute Gasteiger partial charge is 0.493 e. The fourth-order valence-electron chi connectivity index (χ4n) is 1.82. The fraction of sp³-hybridized carbons (Fsp3) is 0.429. The minimum atomic E-state index is -0.0393. The van der Waals surface area contributed by atoms with Crippen LogP contribution < -0.4 is 14.8 Å². The third kappa shape index (κ3) is 3.47. The normalized spacial score (nSPS) is 13.1. The van der Waals surface area contributed by atoms with Crippen LogP contribution in [0.4, 0.5) is 0 Å². The van der Waals surface area contributed by atoms with Gasteiger partial charge in [0.15, 0.2) is 6.61 Å². The first-order chi connectivity index (χ1) is 9.06. The third-order valence-corrected chi connectivity index (χ3v) is 2.66. The van der Waals surface area contributed by atoms with Crippen molar-refractivity contribution in [2.45, 2.75) is 26.3 Å². The quantitative estimate of drug-likeness (QED) is 0.875. The van der Waals surface area contributed by atoms with Gasteiger partial charge in [-0.15, -0.1) is 0 Å². The number of carbonyl (C=O) groups is 2. The van der Waals surface area contributed by atoms with E-state index in [0.29, 0.717) is 30.1 Å². The molecular formula is C14H17NO4. The number of hydrogen-bond donors (Lipinski definition) is 1. The SMILES string of the molecule is CC(C)NC(=O)CCOc1ccc2c(c1)OCC2=O. The van der Waals surface area contributed by atoms with E-state index >= 15 is 0 Å². The molecule has 0 radical (unpaired) electrons. The van der Waals surface area contributed by atoms with E-state index in [0.717, 1.165) is 0 Å². The molecule has 1 aliphatic heterocycles. The zero-order valence-corrected chi connectivity index (χ0v) is 11.1. The van der Waals surface area contributed by atoms with Gasteiger partial charge in [-0.3, -0.25) is 9.59 Å². The van der Waals surface area contributed by atoms with Crippen LogP contribution in [-0.4, -0.2) is 30.9 Å². The number of Topliss-reactive ketones (excluding diaryl/α,β-unsaturated/α-hetero) is 1. The van der Waals surface area contributed by atoms with Crippen LogP contribution >= 0.6 is 0 Å². The summed E-state index contributed by atoms with van der Waals surface area (Å²) < 4.78 is 10.7. The van der Waals surface area contributed by atoms with Crippen molar-refractivity contribution < 1.29 is 19.1 Å². The zero-order valence-electron chi connectivity index (χ0n) is 11.1. The molecule has 1 aliphatic rings. The first kappa shape index (κ1) is 13.4. The number of amides is 1. The van der Waals surface area contributed by atoms with Crippen molar-refractivity contribution in [2.75, 3.05) is 13.2 Å². The standard InChI is InChI=1S/C14H17NO4/c1-9(2)15-14(17)5-6-18-10-3-4-11-12(16)8-19-13(11)7-10/h3-4,7,9H,5-6,8H2,1-2H3,(H,15,17). The summed E-state index contributed by atoms with van der Waals surface area (Å²) in [6.07, 6.45) is 0.301. The molecule has 0 fully saturated rings. The third-order valence-electron chi connectivity index (χ3n) is 2.66. The number of ketones is 1. The first-order valence-electron chi connectivity index (χ1n) is 6.28. The second kappa shape index (κ2) is 5.73. The highest BCUT2D eigenvalue weighted by molar-refractivity contribution is 6.02. The summed E-state index contributed by atoms with van der Waals surface area (Å²) in [4.78, 5) is 22.8. The molecule has 5 heteroatoms. The molecule has 1 aromatic rings. The van der Waals surface area contributed by atoms with E-state index in [1.165, 1.54) is 0 Å². The summed E-state index contributed by atoms with van der Waals surface area (Å²) in [5.74, 6) is 1.10. The van der Waals surface area contributed by atoms with Crippen molar-refractivity contribution in [3.8, 4) is 11.5 Å². The Balaban J connectivity index is 1.84. The maximum absolute atomic E-state index is 11.4. The molecule has 1 N–H and O–H groups in total. The fourth-order valence-corrected chi connectivity index (χ4v) is 1.82. The maximum atomic E-state index is 11.4. The second-order valence-corrected chi connectivity index (χ2v) is 4.69. The Morgan fingerprint density at radius 2 is 2.26 bits per heavy atom. The predicted octanol–water partition coefficient (Wildman–Crippen LogP) is 1.56. The van der Waals surface area contributed by atoms with E-state index in [2.05, 4.69) is 5.32 Å². The highest BCUT2D eigenvalue weighted by Crippen LogP contribution is 2.29. The molecule has 1 heterocycles. The molecular weight excluding hydrogens is 246 g/mol. The van der Waals surface area contributed by atoms with Crippen molar-refractivity contribution in [3.05, 3.63) is 23.8 Å². The van der Waals surface area contributed by atoms with Crippen LogP contribution in [0.15, 0.2) is 18.2 Å². The summed E-state index contributed by atoms with van der Waals surface area (Å²) in [5.41, 5.74) is 0.588. The zero-order chi connectivity index (χ0) is 13.8. The van der Waals surface area contributed by atoms with Crippen molar-refractivity contribution in [1.82, 2.24) is 5.32 Å². The van der Waals surface area contributed by atoms with E-state index < -0.39 is 0 Å². The predicted molar refractivity (Wildman–Crippen MR) is 69.7 cm³/mol. The van der Waals surface area contributed by atoms with E-state index in [4.69, 9.17) is 9.47 Å². The van der Waals surface area contributed by atoms with Gasteiger partial charge in [-0.25, -0.2) is 0 Å². The van der Waals surface area contributed by atoms with Gasteiger partial charge in [-0.1, -0.05) is 0 Å². The highest BCUT2D eigenvalue weighted by atomic mass is 16.5. The van der Waals surface area contributed by atoms with Gasteiger partial charge >= 0.3 is 0 Å². The number of nitrogens with one attached hydrogen (secondary N) is 1. The van der Waals surface area contributed by atoms with Gasteiger partial charge in [-0.05, 0) is 26.0 Å². The lowest BCUT2D eigenvalue weighted by Crippen LogP contribution is -2.31. The molecule has 1 amide bonds. The van der Waals surface area contributed by atoms with Gasteiger partial charge < -0.3 is 14.8 Å². The smallest absolute Gasteiger partial charge is 0.223 e. The minimum Gasteiger partial charge on any atom is -0.493 e. The van der Waals surface area contributed by atoms with E-state index in [9.17, 15) is 9.59 Å². The van der Waals surface area contributed by atoms with E-state index in [1.807, 2.05) is 13.8 Å². The van der Waals surface area contributed by atoms with Crippen molar-refractivity contribution in [2.24, 2.45) is 0 Å². The van der Waals surface area contributed by atoms with Gasteiger partial charge in [-0.2, -0.15) is 0 Å². The molecule has 19 heavy (non-hydrogen) atoms. The topological polar surface area (TPSA) is 64.6 Å². The molecule has 5 nitrogen and oxygen atoms in total. The lowest BCUT2D eigenvalue weighted by molar-refractivity contribution is -0.122. The van der Waals surface area contributed by atoms with E-state index in [-0.39, 0.29) is 24.3 Å². The second-order valence-electron chi connectivity index (χ2n) is 4.69. The number of ether oxygens (including phenoxy) is 2. The van der Waals surface area contributed by atoms with Crippen LogP contribution in [0.3, 0.4) is 0 Å². The number of hydrogen-bond acceptors (Lipinski definition) is 4. The lowest BCUT2D eigenvalue weighted by Gasteiger charge is -2.09. The van der Waals surface area contributed by atoms with Gasteiger partial charge in [0, 0.05) is 12.1 Å². The number of fused-ring (bicyclic) bond motifs is 1. The number of carbonyl (C=O) groups excluding carboxylic acids is 2. The van der Waals surface area contributed by atoms with Crippen LogP contribution in [0.1, 0.15) is 30.6 Å². The Morgan fingerprint density at radius 1 is 1.47 bits per heavy atom. The molecule has 0 saturated carbocycles.